The number of aliphatic carboxylic acids is 1. The van der Waals surface area contributed by atoms with Crippen LogP contribution in [0.25, 0.3) is 0 Å². The van der Waals surface area contributed by atoms with Gasteiger partial charge in [0, 0.05) is 6.54 Å². The SMILES string of the molecule is O=C(O)C1CCC(O)(CNCCc2ccccc2F)CC1. The monoisotopic (exact) mass is 295 g/mol. The summed E-state index contributed by atoms with van der Waals surface area (Å²) < 4.78 is 13.4. The molecule has 1 aromatic carbocycles. The van der Waals surface area contributed by atoms with Gasteiger partial charge < -0.3 is 15.5 Å². The molecule has 0 bridgehead atoms. The highest BCUT2D eigenvalue weighted by molar-refractivity contribution is 5.70. The average molecular weight is 295 g/mol. The van der Waals surface area contributed by atoms with Crippen LogP contribution in [0.3, 0.4) is 0 Å². The van der Waals surface area contributed by atoms with Crippen LogP contribution in [-0.4, -0.2) is 34.9 Å². The predicted octanol–water partition coefficient (Wildman–Crippen LogP) is 1.96. The lowest BCUT2D eigenvalue weighted by Gasteiger charge is -2.34. The standard InChI is InChI=1S/C16H22FNO3/c17-14-4-2-1-3-12(14)7-10-18-11-16(21)8-5-13(6-9-16)15(19)20/h1-4,13,18,21H,5-11H2,(H,19,20). The van der Waals surface area contributed by atoms with E-state index in [9.17, 15) is 14.3 Å². The number of carboxylic acids is 1. The second-order valence-electron chi connectivity index (χ2n) is 5.86. The molecule has 21 heavy (non-hydrogen) atoms. The van der Waals surface area contributed by atoms with Crippen LogP contribution in [0.2, 0.25) is 0 Å². The third kappa shape index (κ3) is 4.51. The molecule has 0 heterocycles. The number of halogens is 1. The van der Waals surface area contributed by atoms with E-state index in [1.807, 2.05) is 0 Å². The highest BCUT2D eigenvalue weighted by Gasteiger charge is 2.35. The lowest BCUT2D eigenvalue weighted by Crippen LogP contribution is -2.44. The molecule has 0 aromatic heterocycles. The van der Waals surface area contributed by atoms with Crippen molar-refractivity contribution in [2.24, 2.45) is 5.92 Å². The Morgan fingerprint density at radius 2 is 2.00 bits per heavy atom. The van der Waals surface area contributed by atoms with Gasteiger partial charge in [-0.1, -0.05) is 18.2 Å². The van der Waals surface area contributed by atoms with Gasteiger partial charge in [0.05, 0.1) is 11.5 Å². The van der Waals surface area contributed by atoms with E-state index in [1.54, 1.807) is 18.2 Å². The lowest BCUT2D eigenvalue weighted by molar-refractivity contribution is -0.144. The first-order valence-corrected chi connectivity index (χ1v) is 7.39. The Labute approximate surface area is 124 Å². The van der Waals surface area contributed by atoms with Gasteiger partial charge in [0.2, 0.25) is 0 Å². The minimum atomic E-state index is -0.832. The molecule has 1 aromatic rings. The normalized spacial score (nSPS) is 25.7. The first-order valence-electron chi connectivity index (χ1n) is 7.39. The molecule has 0 atom stereocenters. The molecule has 0 spiro atoms. The van der Waals surface area contributed by atoms with E-state index in [0.29, 0.717) is 50.8 Å². The fourth-order valence-electron chi connectivity index (χ4n) is 2.82. The van der Waals surface area contributed by atoms with Crippen LogP contribution in [0.15, 0.2) is 24.3 Å². The van der Waals surface area contributed by atoms with Crippen LogP contribution in [0.5, 0.6) is 0 Å². The Morgan fingerprint density at radius 3 is 2.62 bits per heavy atom. The first-order chi connectivity index (χ1) is 10.0. The van der Waals surface area contributed by atoms with Crippen LogP contribution in [-0.2, 0) is 11.2 Å². The van der Waals surface area contributed by atoms with Crippen LogP contribution in [0, 0.1) is 11.7 Å². The molecule has 0 radical (unpaired) electrons. The summed E-state index contributed by atoms with van der Waals surface area (Å²) in [5, 5.41) is 22.5. The fourth-order valence-corrected chi connectivity index (χ4v) is 2.82. The van der Waals surface area contributed by atoms with Crippen molar-refractivity contribution in [3.8, 4) is 0 Å². The minimum absolute atomic E-state index is 0.208. The molecule has 0 saturated heterocycles. The third-order valence-electron chi connectivity index (χ3n) is 4.25. The second-order valence-corrected chi connectivity index (χ2v) is 5.86. The number of hydrogen-bond acceptors (Lipinski definition) is 3. The van der Waals surface area contributed by atoms with Crippen LogP contribution in [0.1, 0.15) is 31.2 Å². The van der Waals surface area contributed by atoms with Crippen molar-refractivity contribution in [2.75, 3.05) is 13.1 Å². The topological polar surface area (TPSA) is 69.6 Å². The molecule has 3 N–H and O–H groups in total. The first kappa shape index (κ1) is 15.9. The van der Waals surface area contributed by atoms with Crippen molar-refractivity contribution < 1.29 is 19.4 Å². The van der Waals surface area contributed by atoms with Gasteiger partial charge in [-0.3, -0.25) is 4.79 Å². The quantitative estimate of drug-likeness (QED) is 0.702. The molecule has 0 unspecified atom stereocenters. The molecule has 1 aliphatic rings. The molecular formula is C16H22FNO3. The molecule has 116 valence electrons. The van der Waals surface area contributed by atoms with E-state index in [1.165, 1.54) is 6.07 Å². The zero-order valence-electron chi connectivity index (χ0n) is 12.0. The number of aliphatic hydroxyl groups is 1. The maximum Gasteiger partial charge on any atom is 0.306 e. The maximum atomic E-state index is 13.4. The smallest absolute Gasteiger partial charge is 0.306 e. The zero-order valence-corrected chi connectivity index (χ0v) is 12.0. The van der Waals surface area contributed by atoms with Crippen molar-refractivity contribution in [2.45, 2.75) is 37.7 Å². The molecular weight excluding hydrogens is 273 g/mol. The van der Waals surface area contributed by atoms with Crippen molar-refractivity contribution in [3.05, 3.63) is 35.6 Å². The van der Waals surface area contributed by atoms with E-state index in [2.05, 4.69) is 5.32 Å². The molecule has 0 aliphatic heterocycles. The van der Waals surface area contributed by atoms with Crippen LogP contribution < -0.4 is 5.32 Å². The Balaban J connectivity index is 1.71. The van der Waals surface area contributed by atoms with Gasteiger partial charge >= 0.3 is 5.97 Å². The number of nitrogens with one attached hydrogen (secondary N) is 1. The van der Waals surface area contributed by atoms with E-state index in [-0.39, 0.29) is 11.7 Å². The molecule has 1 fully saturated rings. The largest absolute Gasteiger partial charge is 0.481 e. The maximum absolute atomic E-state index is 13.4. The van der Waals surface area contributed by atoms with Gasteiger partial charge in [-0.05, 0) is 50.3 Å². The van der Waals surface area contributed by atoms with Gasteiger partial charge in [-0.15, -0.1) is 0 Å². The summed E-state index contributed by atoms with van der Waals surface area (Å²) >= 11 is 0. The molecule has 2 rings (SSSR count). The summed E-state index contributed by atoms with van der Waals surface area (Å²) in [7, 11) is 0. The van der Waals surface area contributed by atoms with Gasteiger partial charge in [0.1, 0.15) is 5.82 Å². The van der Waals surface area contributed by atoms with Gasteiger partial charge in [-0.2, -0.15) is 0 Å². The van der Waals surface area contributed by atoms with E-state index in [4.69, 9.17) is 5.11 Å². The Kier molecular flexibility index (Phi) is 5.31. The number of carbonyl (C=O) groups is 1. The summed E-state index contributed by atoms with van der Waals surface area (Å²) in [6, 6.07) is 6.66. The predicted molar refractivity (Wildman–Crippen MR) is 77.5 cm³/mol. The van der Waals surface area contributed by atoms with Gasteiger partial charge in [0.25, 0.3) is 0 Å². The molecule has 4 nitrogen and oxygen atoms in total. The van der Waals surface area contributed by atoms with Crippen molar-refractivity contribution in [1.82, 2.24) is 5.32 Å². The van der Waals surface area contributed by atoms with E-state index in [0.717, 1.165) is 0 Å². The summed E-state index contributed by atoms with van der Waals surface area (Å²) in [4.78, 5) is 10.9. The number of benzene rings is 1. The van der Waals surface area contributed by atoms with Crippen molar-refractivity contribution in [3.63, 3.8) is 0 Å². The molecule has 1 aliphatic carbocycles. The minimum Gasteiger partial charge on any atom is -0.481 e. The Hall–Kier alpha value is -1.46. The number of rotatable bonds is 6. The van der Waals surface area contributed by atoms with Gasteiger partial charge in [0.15, 0.2) is 0 Å². The Morgan fingerprint density at radius 1 is 1.33 bits per heavy atom. The third-order valence-corrected chi connectivity index (χ3v) is 4.25. The molecule has 1 saturated carbocycles. The summed E-state index contributed by atoms with van der Waals surface area (Å²) in [6.45, 7) is 1.01. The van der Waals surface area contributed by atoms with Crippen LogP contribution in [0.4, 0.5) is 4.39 Å². The summed E-state index contributed by atoms with van der Waals surface area (Å²) in [5.41, 5.74) is -0.173. The fraction of sp³-hybridized carbons (Fsp3) is 0.562. The van der Waals surface area contributed by atoms with Crippen molar-refractivity contribution in [1.29, 1.82) is 0 Å². The highest BCUT2D eigenvalue weighted by atomic mass is 19.1. The zero-order chi connectivity index (χ0) is 15.3. The Bertz CT molecular complexity index is 484. The molecule has 5 heteroatoms. The molecule has 0 amide bonds. The second kappa shape index (κ2) is 7.00. The summed E-state index contributed by atoms with van der Waals surface area (Å²) in [5.74, 6) is -1.31. The lowest BCUT2D eigenvalue weighted by atomic mass is 9.79. The van der Waals surface area contributed by atoms with E-state index < -0.39 is 11.6 Å². The van der Waals surface area contributed by atoms with E-state index >= 15 is 0 Å². The van der Waals surface area contributed by atoms with Gasteiger partial charge in [-0.25, -0.2) is 4.39 Å². The van der Waals surface area contributed by atoms with Crippen LogP contribution >= 0.6 is 0 Å². The number of hydrogen-bond donors (Lipinski definition) is 3. The highest BCUT2D eigenvalue weighted by Crippen LogP contribution is 2.31. The number of carboxylic acid groups (broad SMARTS) is 1. The average Bonchev–Trinajstić information content (AvgIpc) is 2.46. The van der Waals surface area contributed by atoms with Crippen molar-refractivity contribution >= 4 is 5.97 Å². The summed E-state index contributed by atoms with van der Waals surface area (Å²) in [6.07, 6.45) is 2.59.